The number of hydrogen-bond acceptors (Lipinski definition) is 2. The van der Waals surface area contributed by atoms with E-state index in [0.29, 0.717) is 12.3 Å². The minimum Gasteiger partial charge on any atom is -0.393 e. The highest BCUT2D eigenvalue weighted by molar-refractivity contribution is 4.75. The summed E-state index contributed by atoms with van der Waals surface area (Å²) in [6, 6.07) is 0. The van der Waals surface area contributed by atoms with Gasteiger partial charge in [-0.25, -0.2) is 0 Å². The summed E-state index contributed by atoms with van der Waals surface area (Å²) >= 11 is 0. The molecule has 0 aromatic heterocycles. The Morgan fingerprint density at radius 1 is 1.33 bits per heavy atom. The van der Waals surface area contributed by atoms with Crippen molar-refractivity contribution in [1.82, 2.24) is 0 Å². The first kappa shape index (κ1) is 11.9. The Hall–Kier alpha value is -0.0800. The maximum atomic E-state index is 9.69. The van der Waals surface area contributed by atoms with Gasteiger partial charge in [-0.2, -0.15) is 0 Å². The Balaban J connectivity index is 3.58. The summed E-state index contributed by atoms with van der Waals surface area (Å²) in [7, 11) is 0. The Kier molecular flexibility index (Phi) is 5.51. The molecule has 0 saturated heterocycles. The fourth-order valence-corrected chi connectivity index (χ4v) is 1.21. The standard InChI is InChI=1S/C10H22O2/c1-4-10(12,8-11)7-5-6-9(2)3/h9,11-12H,4-8H2,1-3H3/t10-/m1/s1. The molecule has 0 amide bonds. The fourth-order valence-electron chi connectivity index (χ4n) is 1.21. The van der Waals surface area contributed by atoms with E-state index in [-0.39, 0.29) is 6.61 Å². The maximum Gasteiger partial charge on any atom is 0.0874 e. The molecule has 0 aliphatic carbocycles. The Morgan fingerprint density at radius 2 is 1.92 bits per heavy atom. The molecule has 0 aliphatic heterocycles. The highest BCUT2D eigenvalue weighted by Crippen LogP contribution is 2.19. The van der Waals surface area contributed by atoms with Gasteiger partial charge < -0.3 is 10.2 Å². The molecule has 0 aliphatic rings. The van der Waals surface area contributed by atoms with Crippen molar-refractivity contribution in [2.45, 2.75) is 52.1 Å². The lowest BCUT2D eigenvalue weighted by molar-refractivity contribution is -0.0263. The van der Waals surface area contributed by atoms with Gasteiger partial charge in [0.15, 0.2) is 0 Å². The highest BCUT2D eigenvalue weighted by Gasteiger charge is 2.22. The molecule has 2 nitrogen and oxygen atoms in total. The van der Waals surface area contributed by atoms with Gasteiger partial charge in [0, 0.05) is 0 Å². The van der Waals surface area contributed by atoms with Crippen molar-refractivity contribution in [2.24, 2.45) is 5.92 Å². The Bertz CT molecular complexity index is 106. The van der Waals surface area contributed by atoms with E-state index in [1.807, 2.05) is 6.92 Å². The predicted molar refractivity (Wildman–Crippen MR) is 51.0 cm³/mol. The Morgan fingerprint density at radius 3 is 2.25 bits per heavy atom. The van der Waals surface area contributed by atoms with Crippen LogP contribution in [0.5, 0.6) is 0 Å². The van der Waals surface area contributed by atoms with Crippen LogP contribution in [0.15, 0.2) is 0 Å². The number of hydrogen-bond donors (Lipinski definition) is 2. The van der Waals surface area contributed by atoms with Gasteiger partial charge in [0.2, 0.25) is 0 Å². The van der Waals surface area contributed by atoms with Crippen molar-refractivity contribution in [3.63, 3.8) is 0 Å². The smallest absolute Gasteiger partial charge is 0.0874 e. The van der Waals surface area contributed by atoms with Gasteiger partial charge in [-0.05, 0) is 18.8 Å². The van der Waals surface area contributed by atoms with Crippen LogP contribution in [-0.4, -0.2) is 22.4 Å². The largest absolute Gasteiger partial charge is 0.393 e. The molecule has 0 aromatic rings. The zero-order valence-electron chi connectivity index (χ0n) is 8.51. The quantitative estimate of drug-likeness (QED) is 0.646. The third-order valence-electron chi connectivity index (χ3n) is 2.38. The van der Waals surface area contributed by atoms with E-state index in [2.05, 4.69) is 13.8 Å². The minimum atomic E-state index is -0.825. The van der Waals surface area contributed by atoms with Gasteiger partial charge in [0.05, 0.1) is 12.2 Å². The lowest BCUT2D eigenvalue weighted by Crippen LogP contribution is -2.32. The van der Waals surface area contributed by atoms with Gasteiger partial charge in [-0.15, -0.1) is 0 Å². The number of rotatable bonds is 6. The van der Waals surface area contributed by atoms with Crippen molar-refractivity contribution < 1.29 is 10.2 Å². The first-order chi connectivity index (χ1) is 5.54. The van der Waals surface area contributed by atoms with Crippen molar-refractivity contribution in [2.75, 3.05) is 6.61 Å². The van der Waals surface area contributed by atoms with E-state index in [4.69, 9.17) is 5.11 Å². The van der Waals surface area contributed by atoms with Crippen LogP contribution < -0.4 is 0 Å². The molecule has 2 heteroatoms. The molecule has 74 valence electrons. The molecule has 0 fully saturated rings. The average Bonchev–Trinajstić information content (AvgIpc) is 2.03. The Labute approximate surface area is 75.6 Å². The molecule has 0 heterocycles. The molecule has 0 rings (SSSR count). The maximum absolute atomic E-state index is 9.69. The fraction of sp³-hybridized carbons (Fsp3) is 1.00. The molecule has 0 saturated carbocycles. The van der Waals surface area contributed by atoms with Gasteiger partial charge >= 0.3 is 0 Å². The van der Waals surface area contributed by atoms with Crippen LogP contribution in [0.4, 0.5) is 0 Å². The normalized spacial score (nSPS) is 16.5. The summed E-state index contributed by atoms with van der Waals surface area (Å²) in [5, 5.41) is 18.6. The number of aliphatic hydroxyl groups excluding tert-OH is 1. The molecule has 1 atom stereocenters. The summed E-state index contributed by atoms with van der Waals surface area (Å²) in [4.78, 5) is 0. The van der Waals surface area contributed by atoms with E-state index in [9.17, 15) is 5.11 Å². The van der Waals surface area contributed by atoms with Crippen LogP contribution in [-0.2, 0) is 0 Å². The van der Waals surface area contributed by atoms with E-state index in [0.717, 1.165) is 19.3 Å². The van der Waals surface area contributed by atoms with Crippen LogP contribution in [0.25, 0.3) is 0 Å². The molecule has 0 spiro atoms. The lowest BCUT2D eigenvalue weighted by Gasteiger charge is -2.24. The van der Waals surface area contributed by atoms with Gasteiger partial charge in [-0.3, -0.25) is 0 Å². The SMILES string of the molecule is CC[C@](O)(CO)CCCC(C)C. The van der Waals surface area contributed by atoms with Gasteiger partial charge in [-0.1, -0.05) is 33.6 Å². The third kappa shape index (κ3) is 4.73. The van der Waals surface area contributed by atoms with Crippen molar-refractivity contribution in [3.05, 3.63) is 0 Å². The summed E-state index contributed by atoms with van der Waals surface area (Å²) < 4.78 is 0. The van der Waals surface area contributed by atoms with Gasteiger partial charge in [0.25, 0.3) is 0 Å². The summed E-state index contributed by atoms with van der Waals surface area (Å²) in [5.74, 6) is 0.685. The second kappa shape index (κ2) is 5.55. The van der Waals surface area contributed by atoms with Crippen molar-refractivity contribution in [1.29, 1.82) is 0 Å². The van der Waals surface area contributed by atoms with Crippen molar-refractivity contribution in [3.8, 4) is 0 Å². The summed E-state index contributed by atoms with van der Waals surface area (Å²) in [5.41, 5.74) is -0.825. The lowest BCUT2D eigenvalue weighted by atomic mass is 9.93. The first-order valence-electron chi connectivity index (χ1n) is 4.87. The topological polar surface area (TPSA) is 40.5 Å². The first-order valence-corrected chi connectivity index (χ1v) is 4.87. The molecular weight excluding hydrogens is 152 g/mol. The van der Waals surface area contributed by atoms with E-state index >= 15 is 0 Å². The zero-order valence-corrected chi connectivity index (χ0v) is 8.51. The van der Waals surface area contributed by atoms with Crippen LogP contribution in [0.2, 0.25) is 0 Å². The molecule has 0 radical (unpaired) electrons. The highest BCUT2D eigenvalue weighted by atomic mass is 16.3. The minimum absolute atomic E-state index is 0.110. The zero-order chi connectivity index (χ0) is 9.61. The van der Waals surface area contributed by atoms with E-state index in [1.165, 1.54) is 0 Å². The molecule has 2 N–H and O–H groups in total. The van der Waals surface area contributed by atoms with Crippen LogP contribution in [0.3, 0.4) is 0 Å². The average molecular weight is 174 g/mol. The van der Waals surface area contributed by atoms with Crippen LogP contribution in [0.1, 0.15) is 46.5 Å². The second-order valence-electron chi connectivity index (χ2n) is 4.02. The van der Waals surface area contributed by atoms with Gasteiger partial charge in [0.1, 0.15) is 0 Å². The predicted octanol–water partition coefficient (Wildman–Crippen LogP) is 1.95. The molecular formula is C10H22O2. The number of aliphatic hydroxyl groups is 2. The van der Waals surface area contributed by atoms with Crippen LogP contribution in [0, 0.1) is 5.92 Å². The van der Waals surface area contributed by atoms with E-state index in [1.54, 1.807) is 0 Å². The molecule has 0 aromatic carbocycles. The molecule has 0 unspecified atom stereocenters. The summed E-state index contributed by atoms with van der Waals surface area (Å²) in [6.07, 6.45) is 3.49. The third-order valence-corrected chi connectivity index (χ3v) is 2.38. The van der Waals surface area contributed by atoms with Crippen LogP contribution >= 0.6 is 0 Å². The van der Waals surface area contributed by atoms with Crippen molar-refractivity contribution >= 4 is 0 Å². The monoisotopic (exact) mass is 174 g/mol. The molecule has 0 bridgehead atoms. The summed E-state index contributed by atoms with van der Waals surface area (Å²) in [6.45, 7) is 6.14. The van der Waals surface area contributed by atoms with E-state index < -0.39 is 5.60 Å². The molecule has 12 heavy (non-hydrogen) atoms. The second-order valence-corrected chi connectivity index (χ2v) is 4.02.